The van der Waals surface area contributed by atoms with E-state index in [9.17, 15) is 0 Å². The molecule has 0 fully saturated rings. The van der Waals surface area contributed by atoms with Gasteiger partial charge in [-0.15, -0.1) is 0 Å². The van der Waals surface area contributed by atoms with Crippen LogP contribution in [-0.2, 0) is 0 Å². The van der Waals surface area contributed by atoms with E-state index in [-0.39, 0.29) is 0 Å². The summed E-state index contributed by atoms with van der Waals surface area (Å²) in [5.74, 6) is 0. The number of hydrogen-bond donors (Lipinski definition) is 0. The summed E-state index contributed by atoms with van der Waals surface area (Å²) in [6.45, 7) is 4.24. The molecule has 18 heavy (non-hydrogen) atoms. The number of aromatic nitrogens is 1. The maximum absolute atomic E-state index is 4.60. The van der Waals surface area contributed by atoms with Crippen LogP contribution in [0.4, 0.5) is 0 Å². The van der Waals surface area contributed by atoms with Gasteiger partial charge in [-0.25, -0.2) is 0 Å². The van der Waals surface area contributed by atoms with Gasteiger partial charge in [-0.1, -0.05) is 42.0 Å². The topological polar surface area (TPSA) is 12.9 Å². The zero-order valence-corrected chi connectivity index (χ0v) is 10.6. The van der Waals surface area contributed by atoms with Crippen molar-refractivity contribution in [1.29, 1.82) is 0 Å². The van der Waals surface area contributed by atoms with Crippen LogP contribution in [0.15, 0.2) is 54.7 Å². The Labute approximate surface area is 107 Å². The van der Waals surface area contributed by atoms with Crippen LogP contribution in [0, 0.1) is 13.8 Å². The van der Waals surface area contributed by atoms with E-state index >= 15 is 0 Å². The smallest absolute Gasteiger partial charge is 0.0731 e. The zero-order chi connectivity index (χ0) is 12.5. The highest BCUT2D eigenvalue weighted by Crippen LogP contribution is 2.25. The molecule has 0 N–H and O–H groups in total. The minimum absolute atomic E-state index is 1.10. The van der Waals surface area contributed by atoms with E-state index in [1.165, 1.54) is 27.6 Å². The van der Waals surface area contributed by atoms with Crippen LogP contribution in [-0.4, -0.2) is 4.98 Å². The van der Waals surface area contributed by atoms with Gasteiger partial charge >= 0.3 is 0 Å². The van der Waals surface area contributed by atoms with Gasteiger partial charge in [0.25, 0.3) is 0 Å². The van der Waals surface area contributed by atoms with Crippen LogP contribution in [0.2, 0.25) is 0 Å². The number of pyridine rings is 1. The normalized spacial score (nSPS) is 10.8. The molecule has 0 amide bonds. The SMILES string of the molecule is Cc1cc(C)c2ncc(-c3ccccc3)cc2c1. The van der Waals surface area contributed by atoms with Gasteiger partial charge in [-0.05, 0) is 37.1 Å². The monoisotopic (exact) mass is 233 g/mol. The Morgan fingerprint density at radius 3 is 2.39 bits per heavy atom. The first kappa shape index (κ1) is 11.0. The second kappa shape index (κ2) is 4.26. The number of benzene rings is 2. The van der Waals surface area contributed by atoms with Crippen LogP contribution >= 0.6 is 0 Å². The molecule has 1 heteroatoms. The first-order chi connectivity index (χ1) is 8.74. The molecule has 0 aliphatic carbocycles. The molecule has 1 aromatic heterocycles. The van der Waals surface area contributed by atoms with Crippen LogP contribution < -0.4 is 0 Å². The second-order valence-corrected chi connectivity index (χ2v) is 4.74. The summed E-state index contributed by atoms with van der Waals surface area (Å²) in [7, 11) is 0. The van der Waals surface area contributed by atoms with Gasteiger partial charge in [0.15, 0.2) is 0 Å². The van der Waals surface area contributed by atoms with Crippen LogP contribution in [0.1, 0.15) is 11.1 Å². The van der Waals surface area contributed by atoms with Crippen molar-refractivity contribution >= 4 is 10.9 Å². The molecule has 0 saturated carbocycles. The summed E-state index contributed by atoms with van der Waals surface area (Å²) in [4.78, 5) is 4.60. The molecule has 0 spiro atoms. The zero-order valence-electron chi connectivity index (χ0n) is 10.6. The fourth-order valence-corrected chi connectivity index (χ4v) is 2.41. The average Bonchev–Trinajstić information content (AvgIpc) is 2.39. The quantitative estimate of drug-likeness (QED) is 0.602. The van der Waals surface area contributed by atoms with Gasteiger partial charge in [-0.2, -0.15) is 0 Å². The molecule has 3 rings (SSSR count). The Morgan fingerprint density at radius 2 is 1.61 bits per heavy atom. The summed E-state index contributed by atoms with van der Waals surface area (Å²) in [6, 6.07) is 17.0. The Bertz CT molecular complexity index is 699. The first-order valence-electron chi connectivity index (χ1n) is 6.16. The predicted molar refractivity (Wildman–Crippen MR) is 76.7 cm³/mol. The standard InChI is InChI=1S/C17H15N/c1-12-8-13(2)17-15(9-12)10-16(11-18-17)14-6-4-3-5-7-14/h3-11H,1-2H3. The van der Waals surface area contributed by atoms with E-state index in [1.807, 2.05) is 12.3 Å². The molecular weight excluding hydrogens is 218 g/mol. The third kappa shape index (κ3) is 1.88. The van der Waals surface area contributed by atoms with E-state index in [0.717, 1.165) is 5.52 Å². The molecule has 0 radical (unpaired) electrons. The molecule has 1 heterocycles. The van der Waals surface area contributed by atoms with E-state index in [1.54, 1.807) is 0 Å². The first-order valence-corrected chi connectivity index (χ1v) is 6.16. The lowest BCUT2D eigenvalue weighted by molar-refractivity contribution is 1.34. The number of hydrogen-bond acceptors (Lipinski definition) is 1. The van der Waals surface area contributed by atoms with Crippen molar-refractivity contribution in [2.75, 3.05) is 0 Å². The maximum Gasteiger partial charge on any atom is 0.0731 e. The van der Waals surface area contributed by atoms with E-state index in [2.05, 4.69) is 61.3 Å². The summed E-state index contributed by atoms with van der Waals surface area (Å²) >= 11 is 0. The molecule has 0 unspecified atom stereocenters. The summed E-state index contributed by atoms with van der Waals surface area (Å²) in [5, 5.41) is 1.22. The molecule has 0 aliphatic heterocycles. The Hall–Kier alpha value is -2.15. The second-order valence-electron chi connectivity index (χ2n) is 4.74. The maximum atomic E-state index is 4.60. The molecular formula is C17H15N. The predicted octanol–water partition coefficient (Wildman–Crippen LogP) is 4.52. The molecule has 88 valence electrons. The largest absolute Gasteiger partial charge is 0.255 e. The van der Waals surface area contributed by atoms with Crippen molar-refractivity contribution in [2.45, 2.75) is 13.8 Å². The van der Waals surface area contributed by atoms with Crippen molar-refractivity contribution in [3.05, 3.63) is 65.9 Å². The Balaban J connectivity index is 2.23. The lowest BCUT2D eigenvalue weighted by Crippen LogP contribution is -1.87. The third-order valence-corrected chi connectivity index (χ3v) is 3.23. The van der Waals surface area contributed by atoms with Gasteiger partial charge < -0.3 is 0 Å². The summed E-state index contributed by atoms with van der Waals surface area (Å²) < 4.78 is 0. The summed E-state index contributed by atoms with van der Waals surface area (Å²) in [5.41, 5.74) is 6.01. The fourth-order valence-electron chi connectivity index (χ4n) is 2.41. The Kier molecular flexibility index (Phi) is 2.60. The molecule has 0 bridgehead atoms. The van der Waals surface area contributed by atoms with Crippen molar-refractivity contribution in [3.63, 3.8) is 0 Å². The molecule has 0 atom stereocenters. The third-order valence-electron chi connectivity index (χ3n) is 3.23. The minimum atomic E-state index is 1.10. The molecule has 1 nitrogen and oxygen atoms in total. The fraction of sp³-hybridized carbons (Fsp3) is 0.118. The van der Waals surface area contributed by atoms with Gasteiger partial charge in [0.2, 0.25) is 0 Å². The molecule has 0 saturated heterocycles. The number of fused-ring (bicyclic) bond motifs is 1. The minimum Gasteiger partial charge on any atom is -0.255 e. The van der Waals surface area contributed by atoms with Gasteiger partial charge in [0.1, 0.15) is 0 Å². The van der Waals surface area contributed by atoms with Gasteiger partial charge in [-0.3, -0.25) is 4.98 Å². The van der Waals surface area contributed by atoms with E-state index < -0.39 is 0 Å². The number of rotatable bonds is 1. The molecule has 0 aliphatic rings. The van der Waals surface area contributed by atoms with E-state index in [0.29, 0.717) is 0 Å². The highest BCUT2D eigenvalue weighted by atomic mass is 14.7. The Morgan fingerprint density at radius 1 is 0.833 bits per heavy atom. The van der Waals surface area contributed by atoms with Crippen LogP contribution in [0.5, 0.6) is 0 Å². The number of aryl methyl sites for hydroxylation is 2. The lowest BCUT2D eigenvalue weighted by Gasteiger charge is -2.06. The van der Waals surface area contributed by atoms with Gasteiger partial charge in [0, 0.05) is 17.1 Å². The highest BCUT2D eigenvalue weighted by Gasteiger charge is 2.03. The molecule has 2 aromatic carbocycles. The van der Waals surface area contributed by atoms with Crippen LogP contribution in [0.3, 0.4) is 0 Å². The number of nitrogens with zero attached hydrogens (tertiary/aromatic N) is 1. The van der Waals surface area contributed by atoms with Crippen molar-refractivity contribution in [3.8, 4) is 11.1 Å². The van der Waals surface area contributed by atoms with Gasteiger partial charge in [0.05, 0.1) is 5.52 Å². The van der Waals surface area contributed by atoms with Crippen molar-refractivity contribution < 1.29 is 0 Å². The molecule has 3 aromatic rings. The highest BCUT2D eigenvalue weighted by molar-refractivity contribution is 5.86. The van der Waals surface area contributed by atoms with Crippen molar-refractivity contribution in [2.24, 2.45) is 0 Å². The van der Waals surface area contributed by atoms with E-state index in [4.69, 9.17) is 0 Å². The van der Waals surface area contributed by atoms with Crippen LogP contribution in [0.25, 0.3) is 22.0 Å². The van der Waals surface area contributed by atoms with Crippen molar-refractivity contribution in [1.82, 2.24) is 4.98 Å². The summed E-state index contributed by atoms with van der Waals surface area (Å²) in [6.07, 6.45) is 1.96. The average molecular weight is 233 g/mol. The lowest BCUT2D eigenvalue weighted by atomic mass is 10.0.